The zero-order valence-electron chi connectivity index (χ0n) is 17.0. The summed E-state index contributed by atoms with van der Waals surface area (Å²) in [4.78, 5) is 8.61. The van der Waals surface area contributed by atoms with Gasteiger partial charge in [0.15, 0.2) is 0 Å². The maximum Gasteiger partial charge on any atom is 0.245 e. The highest BCUT2D eigenvalue weighted by Gasteiger charge is 2.30. The molecule has 0 radical (unpaired) electrons. The first-order chi connectivity index (χ1) is 13.7. The molecule has 0 fully saturated rings. The maximum absolute atomic E-state index is 13.1. The van der Waals surface area contributed by atoms with E-state index < -0.39 is 16.1 Å². The molecule has 3 aromatic rings. The van der Waals surface area contributed by atoms with Crippen molar-refractivity contribution in [3.63, 3.8) is 0 Å². The fourth-order valence-corrected chi connectivity index (χ4v) is 4.60. The lowest BCUT2D eigenvalue weighted by Gasteiger charge is -2.20. The quantitative estimate of drug-likeness (QED) is 0.629. The van der Waals surface area contributed by atoms with Gasteiger partial charge in [0.05, 0.1) is 12.0 Å². The number of ether oxygens (including phenoxy) is 1. The molecular formula is C20H24N4O4S. The molecule has 29 heavy (non-hydrogen) atoms. The molecule has 1 N–H and O–H groups in total. The second-order valence-electron chi connectivity index (χ2n) is 7.13. The number of nitrogens with one attached hydrogen (secondary N) is 1. The number of aromatic nitrogens is 3. The van der Waals surface area contributed by atoms with Gasteiger partial charge in [-0.15, -0.1) is 0 Å². The molecule has 0 amide bonds. The predicted octanol–water partition coefficient (Wildman–Crippen LogP) is 3.43. The maximum atomic E-state index is 13.1. The van der Waals surface area contributed by atoms with Crippen LogP contribution in [-0.2, 0) is 10.0 Å². The molecule has 0 aliphatic heterocycles. The first kappa shape index (κ1) is 20.9. The minimum absolute atomic E-state index is 0.119. The molecule has 2 heterocycles. The fraction of sp³-hybridized carbons (Fsp3) is 0.350. The standard InChI is InChI=1S/C20H24N4O4S/c1-12(2)18(20-22-19(23-28-20)15-7-6-8-21-11-15)24-29(25,26)17-10-13(3)16(27-5)9-14(17)4/h6-12,18,24H,1-5H3. The number of sulfonamides is 1. The Morgan fingerprint density at radius 1 is 1.17 bits per heavy atom. The number of aryl methyl sites for hydroxylation is 2. The second kappa shape index (κ2) is 8.30. The van der Waals surface area contributed by atoms with E-state index in [1.54, 1.807) is 57.6 Å². The van der Waals surface area contributed by atoms with E-state index in [0.717, 1.165) is 5.56 Å². The van der Waals surface area contributed by atoms with Gasteiger partial charge in [-0.3, -0.25) is 4.98 Å². The van der Waals surface area contributed by atoms with E-state index in [1.165, 1.54) is 0 Å². The van der Waals surface area contributed by atoms with Gasteiger partial charge in [-0.2, -0.15) is 9.71 Å². The van der Waals surface area contributed by atoms with Gasteiger partial charge in [0.1, 0.15) is 11.8 Å². The third-order valence-electron chi connectivity index (χ3n) is 4.56. The van der Waals surface area contributed by atoms with Crippen molar-refractivity contribution in [3.8, 4) is 17.1 Å². The van der Waals surface area contributed by atoms with Gasteiger partial charge in [-0.05, 0) is 55.2 Å². The van der Waals surface area contributed by atoms with Crippen molar-refractivity contribution in [2.24, 2.45) is 5.92 Å². The normalized spacial score (nSPS) is 12.9. The van der Waals surface area contributed by atoms with Gasteiger partial charge in [0, 0.05) is 18.0 Å². The molecule has 1 aromatic carbocycles. The molecule has 2 aromatic heterocycles. The van der Waals surface area contributed by atoms with Crippen LogP contribution in [0.25, 0.3) is 11.4 Å². The lowest BCUT2D eigenvalue weighted by atomic mass is 10.1. The van der Waals surface area contributed by atoms with Gasteiger partial charge in [0.25, 0.3) is 0 Å². The number of hydrogen-bond donors (Lipinski definition) is 1. The highest BCUT2D eigenvalue weighted by molar-refractivity contribution is 7.89. The molecule has 3 rings (SSSR count). The Balaban J connectivity index is 1.93. The molecular weight excluding hydrogens is 392 g/mol. The first-order valence-electron chi connectivity index (χ1n) is 9.14. The van der Waals surface area contributed by atoms with Crippen LogP contribution in [0, 0.1) is 19.8 Å². The molecule has 9 heteroatoms. The average molecular weight is 417 g/mol. The van der Waals surface area contributed by atoms with Crippen molar-refractivity contribution in [2.75, 3.05) is 7.11 Å². The molecule has 0 bridgehead atoms. The molecule has 8 nitrogen and oxygen atoms in total. The van der Waals surface area contributed by atoms with Crippen LogP contribution in [-0.4, -0.2) is 30.7 Å². The smallest absolute Gasteiger partial charge is 0.245 e. The number of pyridine rings is 1. The van der Waals surface area contributed by atoms with E-state index in [4.69, 9.17) is 9.26 Å². The Morgan fingerprint density at radius 2 is 1.93 bits per heavy atom. The van der Waals surface area contributed by atoms with Crippen LogP contribution < -0.4 is 9.46 Å². The summed E-state index contributed by atoms with van der Waals surface area (Å²) in [6, 6.07) is 6.20. The SMILES string of the molecule is COc1cc(C)c(S(=O)(=O)NC(c2nc(-c3cccnc3)no2)C(C)C)cc1C. The van der Waals surface area contributed by atoms with E-state index in [1.807, 2.05) is 13.8 Å². The number of methoxy groups -OCH3 is 1. The fourth-order valence-electron chi connectivity index (χ4n) is 2.95. The number of benzene rings is 1. The first-order valence-corrected chi connectivity index (χ1v) is 10.6. The van der Waals surface area contributed by atoms with Crippen LogP contribution in [0.2, 0.25) is 0 Å². The van der Waals surface area contributed by atoms with Crippen LogP contribution in [0.5, 0.6) is 5.75 Å². The third kappa shape index (κ3) is 4.46. The number of hydrogen-bond acceptors (Lipinski definition) is 7. The van der Waals surface area contributed by atoms with Crippen molar-refractivity contribution in [1.82, 2.24) is 19.8 Å². The van der Waals surface area contributed by atoms with Crippen molar-refractivity contribution < 1.29 is 17.7 Å². The summed E-state index contributed by atoms with van der Waals surface area (Å²) < 4.78 is 39.6. The van der Waals surface area contributed by atoms with E-state index in [-0.39, 0.29) is 16.7 Å². The molecule has 0 saturated heterocycles. The molecule has 0 aliphatic carbocycles. The monoisotopic (exact) mass is 416 g/mol. The molecule has 0 spiro atoms. The summed E-state index contributed by atoms with van der Waals surface area (Å²) >= 11 is 0. The summed E-state index contributed by atoms with van der Waals surface area (Å²) in [7, 11) is -2.28. The Morgan fingerprint density at radius 3 is 2.55 bits per heavy atom. The van der Waals surface area contributed by atoms with Crippen LogP contribution in [0.1, 0.15) is 36.9 Å². The van der Waals surface area contributed by atoms with Crippen LogP contribution in [0.3, 0.4) is 0 Å². The summed E-state index contributed by atoms with van der Waals surface area (Å²) in [6.45, 7) is 7.30. The van der Waals surface area contributed by atoms with Gasteiger partial charge in [0.2, 0.25) is 21.7 Å². The van der Waals surface area contributed by atoms with Crippen molar-refractivity contribution in [1.29, 1.82) is 0 Å². The predicted molar refractivity (Wildman–Crippen MR) is 108 cm³/mol. The topological polar surface area (TPSA) is 107 Å². The van der Waals surface area contributed by atoms with Crippen molar-refractivity contribution in [2.45, 2.75) is 38.6 Å². The Hall–Kier alpha value is -2.78. The highest BCUT2D eigenvalue weighted by atomic mass is 32.2. The number of rotatable bonds is 7. The molecule has 0 saturated carbocycles. The molecule has 1 unspecified atom stereocenters. The Kier molecular flexibility index (Phi) is 5.99. The van der Waals surface area contributed by atoms with E-state index >= 15 is 0 Å². The summed E-state index contributed by atoms with van der Waals surface area (Å²) in [5.41, 5.74) is 2.01. The van der Waals surface area contributed by atoms with Gasteiger partial charge in [-0.1, -0.05) is 19.0 Å². The minimum Gasteiger partial charge on any atom is -0.496 e. The lowest BCUT2D eigenvalue weighted by molar-refractivity contribution is 0.311. The molecule has 0 aliphatic rings. The van der Waals surface area contributed by atoms with Crippen molar-refractivity contribution >= 4 is 10.0 Å². The van der Waals surface area contributed by atoms with Crippen molar-refractivity contribution in [3.05, 3.63) is 53.7 Å². The van der Waals surface area contributed by atoms with E-state index in [9.17, 15) is 8.42 Å². The summed E-state index contributed by atoms with van der Waals surface area (Å²) in [6.07, 6.45) is 3.27. The van der Waals surface area contributed by atoms with Crippen LogP contribution in [0.15, 0.2) is 46.1 Å². The van der Waals surface area contributed by atoms with Crippen LogP contribution >= 0.6 is 0 Å². The van der Waals surface area contributed by atoms with Gasteiger partial charge < -0.3 is 9.26 Å². The largest absolute Gasteiger partial charge is 0.496 e. The van der Waals surface area contributed by atoms with Gasteiger partial charge in [-0.25, -0.2) is 8.42 Å². The zero-order valence-corrected chi connectivity index (χ0v) is 17.8. The van der Waals surface area contributed by atoms with Crippen LogP contribution in [0.4, 0.5) is 0 Å². The third-order valence-corrected chi connectivity index (χ3v) is 6.14. The zero-order chi connectivity index (χ0) is 21.2. The average Bonchev–Trinajstić information content (AvgIpc) is 3.18. The van der Waals surface area contributed by atoms with Gasteiger partial charge >= 0.3 is 0 Å². The highest BCUT2D eigenvalue weighted by Crippen LogP contribution is 2.29. The molecule has 154 valence electrons. The summed E-state index contributed by atoms with van der Waals surface area (Å²) in [5.74, 6) is 1.08. The van der Waals surface area contributed by atoms with E-state index in [0.29, 0.717) is 22.7 Å². The Labute approximate surface area is 170 Å². The lowest BCUT2D eigenvalue weighted by Crippen LogP contribution is -2.32. The molecule has 1 atom stereocenters. The number of nitrogens with zero attached hydrogens (tertiary/aromatic N) is 3. The second-order valence-corrected chi connectivity index (χ2v) is 8.81. The summed E-state index contributed by atoms with van der Waals surface area (Å²) in [5, 5.41) is 3.97. The Bertz CT molecular complexity index is 1090. The van der Waals surface area contributed by atoms with E-state index in [2.05, 4.69) is 19.8 Å². The minimum atomic E-state index is -3.83.